The van der Waals surface area contributed by atoms with Crippen LogP contribution in [0.15, 0.2) is 72.1 Å². The lowest BCUT2D eigenvalue weighted by Crippen LogP contribution is -2.14. The molecule has 0 saturated heterocycles. The molecule has 0 spiro atoms. The van der Waals surface area contributed by atoms with E-state index in [1.165, 1.54) is 6.33 Å². The molecule has 0 bridgehead atoms. The van der Waals surface area contributed by atoms with Gasteiger partial charge < -0.3 is 4.74 Å². The highest BCUT2D eigenvalue weighted by Gasteiger charge is 2.18. The number of sulfonamides is 1. The van der Waals surface area contributed by atoms with Gasteiger partial charge in [0.25, 0.3) is 10.0 Å². The maximum atomic E-state index is 12.8. The number of aryl methyl sites for hydroxylation is 3. The number of benzene rings is 2. The van der Waals surface area contributed by atoms with Gasteiger partial charge in [0.15, 0.2) is 5.82 Å². The molecule has 0 unspecified atom stereocenters. The Morgan fingerprint density at radius 3 is 2.39 bits per heavy atom. The van der Waals surface area contributed by atoms with Crippen molar-refractivity contribution in [3.8, 4) is 17.4 Å². The maximum Gasteiger partial charge on any atom is 0.262 e. The van der Waals surface area contributed by atoms with Crippen molar-refractivity contribution in [3.05, 3.63) is 83.9 Å². The first-order chi connectivity index (χ1) is 14.8. The number of ether oxygens (including phenoxy) is 1. The average molecular weight is 436 g/mol. The van der Waals surface area contributed by atoms with Gasteiger partial charge in [-0.3, -0.25) is 4.72 Å². The van der Waals surface area contributed by atoms with Crippen LogP contribution in [0.25, 0.3) is 5.82 Å². The number of nitrogens with one attached hydrogen (secondary N) is 1. The van der Waals surface area contributed by atoms with Gasteiger partial charge in [-0.05, 0) is 73.9 Å². The zero-order valence-corrected chi connectivity index (χ0v) is 18.1. The van der Waals surface area contributed by atoms with E-state index in [0.29, 0.717) is 28.7 Å². The third kappa shape index (κ3) is 4.56. The molecule has 1 N–H and O–H groups in total. The minimum atomic E-state index is -3.71. The zero-order valence-electron chi connectivity index (χ0n) is 17.3. The first kappa shape index (κ1) is 20.5. The molecule has 0 aliphatic rings. The highest BCUT2D eigenvalue weighted by molar-refractivity contribution is 7.92. The van der Waals surface area contributed by atoms with E-state index in [0.717, 1.165) is 11.1 Å². The molecule has 4 aromatic rings. The Hall–Kier alpha value is -3.72. The van der Waals surface area contributed by atoms with E-state index in [4.69, 9.17) is 4.74 Å². The van der Waals surface area contributed by atoms with Crippen molar-refractivity contribution in [1.29, 1.82) is 0 Å². The second-order valence-corrected chi connectivity index (χ2v) is 8.75. The summed E-state index contributed by atoms with van der Waals surface area (Å²) in [7, 11) is -3.71. The van der Waals surface area contributed by atoms with Gasteiger partial charge in [-0.1, -0.05) is 6.07 Å². The summed E-state index contributed by atoms with van der Waals surface area (Å²) in [6.07, 6.45) is 4.81. The quantitative estimate of drug-likeness (QED) is 0.488. The van der Waals surface area contributed by atoms with Crippen molar-refractivity contribution in [1.82, 2.24) is 19.7 Å². The molecule has 0 radical (unpaired) electrons. The van der Waals surface area contributed by atoms with Crippen LogP contribution >= 0.6 is 0 Å². The monoisotopic (exact) mass is 435 g/mol. The summed E-state index contributed by atoms with van der Waals surface area (Å²) < 4.78 is 35.7. The smallest absolute Gasteiger partial charge is 0.262 e. The molecule has 158 valence electrons. The summed E-state index contributed by atoms with van der Waals surface area (Å²) in [6.45, 7) is 5.64. The van der Waals surface area contributed by atoms with Crippen molar-refractivity contribution >= 4 is 15.7 Å². The normalized spacial score (nSPS) is 11.3. The minimum Gasteiger partial charge on any atom is -0.439 e. The number of hydrogen-bond acceptors (Lipinski definition) is 6. The Balaban J connectivity index is 1.50. The molecular weight excluding hydrogens is 414 g/mol. The van der Waals surface area contributed by atoms with Gasteiger partial charge in [-0.25, -0.2) is 23.1 Å². The van der Waals surface area contributed by atoms with Gasteiger partial charge >= 0.3 is 0 Å². The van der Waals surface area contributed by atoms with E-state index in [1.54, 1.807) is 66.5 Å². The largest absolute Gasteiger partial charge is 0.439 e. The molecule has 4 rings (SSSR count). The highest BCUT2D eigenvalue weighted by atomic mass is 32.2. The molecule has 31 heavy (non-hydrogen) atoms. The van der Waals surface area contributed by atoms with Gasteiger partial charge in [-0.15, -0.1) is 0 Å². The predicted molar refractivity (Wildman–Crippen MR) is 117 cm³/mol. The zero-order chi connectivity index (χ0) is 22.0. The molecule has 2 aromatic heterocycles. The summed E-state index contributed by atoms with van der Waals surface area (Å²) in [4.78, 5) is 8.53. The fourth-order valence-corrected chi connectivity index (χ4v) is 4.43. The SMILES string of the molecule is Cc1cc(C)c(S(=O)(=O)Nc2ccc(Oc3cc(-n4cccn4)ncn3)cc2)cc1C. The maximum absolute atomic E-state index is 12.8. The van der Waals surface area contributed by atoms with E-state index in [2.05, 4.69) is 19.8 Å². The summed E-state index contributed by atoms with van der Waals surface area (Å²) >= 11 is 0. The van der Waals surface area contributed by atoms with Gasteiger partial charge in [0, 0.05) is 24.1 Å². The van der Waals surface area contributed by atoms with E-state index >= 15 is 0 Å². The lowest BCUT2D eigenvalue weighted by molar-refractivity contribution is 0.460. The first-order valence-corrected chi connectivity index (χ1v) is 11.0. The van der Waals surface area contributed by atoms with Crippen molar-refractivity contribution in [3.63, 3.8) is 0 Å². The summed E-state index contributed by atoms with van der Waals surface area (Å²) in [5.41, 5.74) is 3.12. The number of rotatable bonds is 6. The third-order valence-corrected chi connectivity index (χ3v) is 6.30. The standard InChI is InChI=1S/C22H21N5O3S/c1-15-11-17(3)20(12-16(15)2)31(28,29)26-18-5-7-19(8-6-18)30-22-13-21(23-14-24-22)27-10-4-9-25-27/h4-14,26H,1-3H3. The second-order valence-electron chi connectivity index (χ2n) is 7.10. The predicted octanol–water partition coefficient (Wildman–Crippen LogP) is 4.18. The Morgan fingerprint density at radius 1 is 0.935 bits per heavy atom. The van der Waals surface area contributed by atoms with Gasteiger partial charge in [0.2, 0.25) is 5.88 Å². The summed E-state index contributed by atoms with van der Waals surface area (Å²) in [5, 5.41) is 4.13. The molecule has 0 amide bonds. The second kappa shape index (κ2) is 8.19. The fourth-order valence-electron chi connectivity index (χ4n) is 3.06. The molecule has 0 saturated carbocycles. The van der Waals surface area contributed by atoms with Crippen LogP contribution in [0.5, 0.6) is 11.6 Å². The van der Waals surface area contributed by atoms with E-state index in [-0.39, 0.29) is 4.90 Å². The van der Waals surface area contributed by atoms with Crippen molar-refractivity contribution < 1.29 is 13.2 Å². The number of aromatic nitrogens is 4. The Bertz CT molecular complexity index is 1320. The average Bonchev–Trinajstić information content (AvgIpc) is 3.27. The van der Waals surface area contributed by atoms with Crippen molar-refractivity contribution in [2.24, 2.45) is 0 Å². The topological polar surface area (TPSA) is 99.0 Å². The number of anilines is 1. The molecule has 8 nitrogen and oxygen atoms in total. The Morgan fingerprint density at radius 2 is 1.68 bits per heavy atom. The van der Waals surface area contributed by atoms with Crippen LogP contribution in [0.2, 0.25) is 0 Å². The van der Waals surface area contributed by atoms with Crippen LogP contribution in [-0.4, -0.2) is 28.2 Å². The summed E-state index contributed by atoms with van der Waals surface area (Å²) in [5.74, 6) is 1.43. The lowest BCUT2D eigenvalue weighted by Gasteiger charge is -2.13. The van der Waals surface area contributed by atoms with Crippen LogP contribution in [0.4, 0.5) is 5.69 Å². The van der Waals surface area contributed by atoms with Gasteiger partial charge in [-0.2, -0.15) is 5.10 Å². The lowest BCUT2D eigenvalue weighted by atomic mass is 10.1. The highest BCUT2D eigenvalue weighted by Crippen LogP contribution is 2.25. The molecule has 0 aliphatic heterocycles. The van der Waals surface area contributed by atoms with Crippen LogP contribution in [0.1, 0.15) is 16.7 Å². The van der Waals surface area contributed by atoms with Crippen molar-refractivity contribution in [2.45, 2.75) is 25.7 Å². The van der Waals surface area contributed by atoms with E-state index in [1.807, 2.05) is 19.9 Å². The number of nitrogens with zero attached hydrogens (tertiary/aromatic N) is 4. The molecule has 2 aromatic carbocycles. The van der Waals surface area contributed by atoms with Crippen LogP contribution in [0.3, 0.4) is 0 Å². The Labute approximate surface area is 180 Å². The van der Waals surface area contributed by atoms with Crippen molar-refractivity contribution in [2.75, 3.05) is 4.72 Å². The summed E-state index contributed by atoms with van der Waals surface area (Å²) in [6, 6.07) is 13.6. The fraction of sp³-hybridized carbons (Fsp3) is 0.136. The van der Waals surface area contributed by atoms with Gasteiger partial charge in [0.1, 0.15) is 12.1 Å². The third-order valence-electron chi connectivity index (χ3n) is 4.78. The minimum absolute atomic E-state index is 0.267. The molecule has 0 fully saturated rings. The Kier molecular flexibility index (Phi) is 5.43. The van der Waals surface area contributed by atoms with Crippen LogP contribution in [-0.2, 0) is 10.0 Å². The van der Waals surface area contributed by atoms with E-state index < -0.39 is 10.0 Å². The van der Waals surface area contributed by atoms with E-state index in [9.17, 15) is 8.42 Å². The molecule has 9 heteroatoms. The molecule has 0 atom stereocenters. The van der Waals surface area contributed by atoms with Crippen LogP contribution in [0, 0.1) is 20.8 Å². The van der Waals surface area contributed by atoms with Gasteiger partial charge in [0.05, 0.1) is 4.90 Å². The van der Waals surface area contributed by atoms with Crippen LogP contribution < -0.4 is 9.46 Å². The first-order valence-electron chi connectivity index (χ1n) is 9.52. The molecule has 0 aliphatic carbocycles. The molecule has 2 heterocycles. The molecular formula is C22H21N5O3S. The number of hydrogen-bond donors (Lipinski definition) is 1.